The predicted molar refractivity (Wildman–Crippen MR) is 103 cm³/mol. The van der Waals surface area contributed by atoms with Gasteiger partial charge in [0.15, 0.2) is 11.5 Å². The van der Waals surface area contributed by atoms with Gasteiger partial charge in [-0.25, -0.2) is 4.98 Å². The monoisotopic (exact) mass is 383 g/mol. The van der Waals surface area contributed by atoms with Crippen molar-refractivity contribution in [3.63, 3.8) is 0 Å². The largest absolute Gasteiger partial charge is 0.493 e. The van der Waals surface area contributed by atoms with Gasteiger partial charge in [-0.15, -0.1) is 11.3 Å². The maximum Gasteiger partial charge on any atom is 0.314 e. The number of rotatable bonds is 5. The summed E-state index contributed by atoms with van der Waals surface area (Å²) in [6.07, 6.45) is 3.30. The molecule has 4 rings (SSSR count). The summed E-state index contributed by atoms with van der Waals surface area (Å²) in [6.45, 7) is 1.74. The fraction of sp³-hybridized carbons (Fsp3) is 0.263. The molecule has 1 fully saturated rings. The van der Waals surface area contributed by atoms with Gasteiger partial charge in [-0.1, -0.05) is 0 Å². The van der Waals surface area contributed by atoms with Gasteiger partial charge < -0.3 is 9.47 Å². The summed E-state index contributed by atoms with van der Waals surface area (Å²) in [6, 6.07) is 6.86. The van der Waals surface area contributed by atoms with Crippen molar-refractivity contribution in [2.75, 3.05) is 7.11 Å². The van der Waals surface area contributed by atoms with Crippen LogP contribution in [-0.2, 0) is 4.79 Å². The van der Waals surface area contributed by atoms with Gasteiger partial charge in [-0.2, -0.15) is 9.78 Å². The number of fused-ring (bicyclic) bond motifs is 1. The topological polar surface area (TPSA) is 82.8 Å². The molecule has 0 amide bonds. The first-order valence-corrected chi connectivity index (χ1v) is 9.35. The fourth-order valence-electron chi connectivity index (χ4n) is 2.63. The van der Waals surface area contributed by atoms with Crippen LogP contribution in [0.5, 0.6) is 11.5 Å². The van der Waals surface area contributed by atoms with Crippen molar-refractivity contribution in [1.29, 1.82) is 0 Å². The highest BCUT2D eigenvalue weighted by molar-refractivity contribution is 7.16. The molecular weight excluding hydrogens is 366 g/mol. The summed E-state index contributed by atoms with van der Waals surface area (Å²) in [5.74, 6) is 1.09. The molecule has 1 saturated carbocycles. The van der Waals surface area contributed by atoms with Crippen molar-refractivity contribution in [1.82, 2.24) is 9.66 Å². The van der Waals surface area contributed by atoms with E-state index in [-0.39, 0.29) is 17.4 Å². The lowest BCUT2D eigenvalue weighted by Crippen LogP contribution is -2.19. The second kappa shape index (κ2) is 6.96. The Kier molecular flexibility index (Phi) is 4.49. The fourth-order valence-corrected chi connectivity index (χ4v) is 3.43. The number of esters is 1. The molecule has 2 heterocycles. The van der Waals surface area contributed by atoms with E-state index in [1.807, 2.05) is 5.38 Å². The number of carbonyl (C=O) groups is 1. The molecular formula is C19H17N3O4S. The Hall–Kier alpha value is -3.00. The van der Waals surface area contributed by atoms with E-state index in [2.05, 4.69) is 10.1 Å². The number of hydrogen-bond donors (Lipinski definition) is 0. The van der Waals surface area contributed by atoms with Crippen LogP contribution in [0.15, 0.2) is 39.5 Å². The van der Waals surface area contributed by atoms with Gasteiger partial charge in [0.2, 0.25) is 0 Å². The standard InChI is InChI=1S/C19H17N3O4S/c1-11-21-17-14(7-8-27-17)18(23)22(11)20-10-12-3-6-15(16(9-12)25-2)26-19(24)13-4-5-13/h3,6-10,13H,4-5H2,1-2H3. The number of thiophene rings is 1. The van der Waals surface area contributed by atoms with Crippen LogP contribution in [0.1, 0.15) is 24.2 Å². The highest BCUT2D eigenvalue weighted by Crippen LogP contribution is 2.34. The molecule has 2 aromatic heterocycles. The van der Waals surface area contributed by atoms with Crippen LogP contribution >= 0.6 is 11.3 Å². The molecule has 1 aliphatic rings. The average molecular weight is 383 g/mol. The lowest BCUT2D eigenvalue weighted by atomic mass is 10.2. The molecule has 0 saturated heterocycles. The van der Waals surface area contributed by atoms with Crippen molar-refractivity contribution in [2.45, 2.75) is 19.8 Å². The molecule has 0 unspecified atom stereocenters. The smallest absolute Gasteiger partial charge is 0.314 e. The molecule has 8 heteroatoms. The molecule has 0 bridgehead atoms. The molecule has 0 radical (unpaired) electrons. The summed E-state index contributed by atoms with van der Waals surface area (Å²) in [5.41, 5.74) is 0.492. The third-order valence-electron chi connectivity index (χ3n) is 4.27. The van der Waals surface area contributed by atoms with E-state index in [1.54, 1.807) is 37.4 Å². The molecule has 0 atom stereocenters. The van der Waals surface area contributed by atoms with Gasteiger partial charge in [-0.3, -0.25) is 9.59 Å². The minimum absolute atomic E-state index is 0.00492. The van der Waals surface area contributed by atoms with Crippen LogP contribution in [0.25, 0.3) is 10.2 Å². The van der Waals surface area contributed by atoms with Crippen molar-refractivity contribution in [3.05, 3.63) is 51.4 Å². The number of methoxy groups -OCH3 is 1. The molecule has 27 heavy (non-hydrogen) atoms. The number of aromatic nitrogens is 2. The van der Waals surface area contributed by atoms with Gasteiger partial charge >= 0.3 is 5.97 Å². The van der Waals surface area contributed by atoms with Gasteiger partial charge in [0.05, 0.1) is 24.6 Å². The van der Waals surface area contributed by atoms with Crippen molar-refractivity contribution < 1.29 is 14.3 Å². The summed E-state index contributed by atoms with van der Waals surface area (Å²) in [7, 11) is 1.51. The Morgan fingerprint density at radius 3 is 2.89 bits per heavy atom. The third kappa shape index (κ3) is 3.48. The molecule has 0 spiro atoms. The Morgan fingerprint density at radius 2 is 2.15 bits per heavy atom. The third-order valence-corrected chi connectivity index (χ3v) is 5.08. The summed E-state index contributed by atoms with van der Waals surface area (Å²) in [5, 5.41) is 6.64. The number of benzene rings is 1. The van der Waals surface area contributed by atoms with E-state index in [1.165, 1.54) is 23.1 Å². The zero-order valence-electron chi connectivity index (χ0n) is 14.8. The first-order chi connectivity index (χ1) is 13.1. The number of carbonyl (C=O) groups excluding carboxylic acids is 1. The molecule has 1 aromatic carbocycles. The van der Waals surface area contributed by atoms with Crippen LogP contribution in [0.4, 0.5) is 0 Å². The maximum absolute atomic E-state index is 12.5. The SMILES string of the molecule is COc1cc(C=Nn2c(C)nc3sccc3c2=O)ccc1OC(=O)C1CC1. The second-order valence-electron chi connectivity index (χ2n) is 6.27. The number of hydrogen-bond acceptors (Lipinski definition) is 7. The van der Waals surface area contributed by atoms with Crippen LogP contribution < -0.4 is 15.0 Å². The zero-order chi connectivity index (χ0) is 19.0. The zero-order valence-corrected chi connectivity index (χ0v) is 15.7. The Balaban J connectivity index is 1.62. The van der Waals surface area contributed by atoms with E-state index in [0.717, 1.165) is 12.8 Å². The normalized spacial score (nSPS) is 14.0. The molecule has 7 nitrogen and oxygen atoms in total. The van der Waals surface area contributed by atoms with Gasteiger partial charge in [0.1, 0.15) is 10.7 Å². The highest BCUT2D eigenvalue weighted by atomic mass is 32.1. The van der Waals surface area contributed by atoms with E-state index in [9.17, 15) is 9.59 Å². The van der Waals surface area contributed by atoms with E-state index in [4.69, 9.17) is 9.47 Å². The number of ether oxygens (including phenoxy) is 2. The van der Waals surface area contributed by atoms with Crippen LogP contribution in [0.3, 0.4) is 0 Å². The Labute approximate surface area is 158 Å². The molecule has 0 aliphatic heterocycles. The van der Waals surface area contributed by atoms with Gasteiger partial charge in [-0.05, 0) is 55.0 Å². The predicted octanol–water partition coefficient (Wildman–Crippen LogP) is 2.97. The van der Waals surface area contributed by atoms with Crippen molar-refractivity contribution in [3.8, 4) is 11.5 Å². The lowest BCUT2D eigenvalue weighted by molar-refractivity contribution is -0.135. The summed E-state index contributed by atoms with van der Waals surface area (Å²) >= 11 is 1.42. The average Bonchev–Trinajstić information content (AvgIpc) is 3.41. The van der Waals surface area contributed by atoms with E-state index >= 15 is 0 Å². The molecule has 138 valence electrons. The first kappa shape index (κ1) is 17.4. The van der Waals surface area contributed by atoms with E-state index < -0.39 is 0 Å². The highest BCUT2D eigenvalue weighted by Gasteiger charge is 2.32. The second-order valence-corrected chi connectivity index (χ2v) is 7.16. The van der Waals surface area contributed by atoms with Crippen molar-refractivity contribution in [2.24, 2.45) is 11.0 Å². The van der Waals surface area contributed by atoms with Crippen LogP contribution in [0.2, 0.25) is 0 Å². The van der Waals surface area contributed by atoms with Crippen LogP contribution in [-0.4, -0.2) is 29.0 Å². The molecule has 3 aromatic rings. The minimum Gasteiger partial charge on any atom is -0.493 e. The lowest BCUT2D eigenvalue weighted by Gasteiger charge is -2.09. The van der Waals surface area contributed by atoms with Gasteiger partial charge in [0.25, 0.3) is 5.56 Å². The quantitative estimate of drug-likeness (QED) is 0.384. The number of aryl methyl sites for hydroxylation is 1. The number of nitrogens with zero attached hydrogens (tertiary/aromatic N) is 3. The first-order valence-electron chi connectivity index (χ1n) is 8.48. The molecule has 1 aliphatic carbocycles. The van der Waals surface area contributed by atoms with Gasteiger partial charge in [0, 0.05) is 0 Å². The van der Waals surface area contributed by atoms with Crippen LogP contribution in [0, 0.1) is 12.8 Å². The Bertz CT molecular complexity index is 1110. The van der Waals surface area contributed by atoms with Crippen molar-refractivity contribution >= 4 is 33.7 Å². The summed E-state index contributed by atoms with van der Waals surface area (Å²) in [4.78, 5) is 29.5. The summed E-state index contributed by atoms with van der Waals surface area (Å²) < 4.78 is 12.0. The maximum atomic E-state index is 12.5. The molecule has 0 N–H and O–H groups in total. The Morgan fingerprint density at radius 1 is 1.33 bits per heavy atom. The van der Waals surface area contributed by atoms with E-state index in [0.29, 0.717) is 33.1 Å². The minimum atomic E-state index is -0.230.